The van der Waals surface area contributed by atoms with Crippen molar-refractivity contribution in [2.45, 2.75) is 10.2 Å². The Bertz CT molecular complexity index is 788. The van der Waals surface area contributed by atoms with Crippen molar-refractivity contribution in [1.82, 2.24) is 19.6 Å². The largest absolute Gasteiger partial charge is 0.395 e. The van der Waals surface area contributed by atoms with Gasteiger partial charge in [0.1, 0.15) is 11.1 Å². The van der Waals surface area contributed by atoms with Crippen LogP contribution >= 0.6 is 11.8 Å². The summed E-state index contributed by atoms with van der Waals surface area (Å²) in [7, 11) is 0. The molecule has 19 heavy (non-hydrogen) atoms. The molecule has 3 heterocycles. The highest BCUT2D eigenvalue weighted by atomic mass is 32.2. The van der Waals surface area contributed by atoms with E-state index in [1.54, 1.807) is 12.3 Å². The topological polar surface area (TPSA) is 92.9 Å². The molecule has 0 amide bonds. The van der Waals surface area contributed by atoms with Crippen molar-refractivity contribution >= 4 is 23.1 Å². The smallest absolute Gasteiger partial charge is 0.201 e. The number of nitrogen functional groups attached to an aromatic ring is 1. The van der Waals surface area contributed by atoms with Crippen molar-refractivity contribution in [3.05, 3.63) is 42.2 Å². The quantitative estimate of drug-likeness (QED) is 0.760. The molecule has 0 aliphatic rings. The minimum atomic E-state index is 0.364. The van der Waals surface area contributed by atoms with Crippen LogP contribution in [-0.2, 0) is 0 Å². The molecule has 3 rings (SSSR count). The van der Waals surface area contributed by atoms with Crippen molar-refractivity contribution in [3.63, 3.8) is 0 Å². The maximum absolute atomic E-state index is 8.94. The number of nitrogens with zero attached hydrogens (tertiary/aromatic N) is 5. The van der Waals surface area contributed by atoms with Gasteiger partial charge in [-0.05, 0) is 30.0 Å². The minimum Gasteiger partial charge on any atom is -0.395 e. The Labute approximate surface area is 112 Å². The Balaban J connectivity index is 2.05. The van der Waals surface area contributed by atoms with Gasteiger partial charge in [-0.15, -0.1) is 10.2 Å². The molecule has 0 atom stereocenters. The van der Waals surface area contributed by atoms with Gasteiger partial charge in [-0.1, -0.05) is 6.07 Å². The number of hydrogen-bond donors (Lipinski definition) is 1. The van der Waals surface area contributed by atoms with Gasteiger partial charge in [0.2, 0.25) is 5.16 Å². The molecule has 3 aromatic heterocycles. The third-order valence-electron chi connectivity index (χ3n) is 2.54. The van der Waals surface area contributed by atoms with E-state index < -0.39 is 0 Å². The molecule has 0 radical (unpaired) electrons. The molecule has 0 bridgehead atoms. The first-order chi connectivity index (χ1) is 9.29. The number of nitriles is 1. The molecule has 0 aliphatic heterocycles. The number of fused-ring (bicyclic) bond motifs is 1. The van der Waals surface area contributed by atoms with Gasteiger partial charge >= 0.3 is 0 Å². The van der Waals surface area contributed by atoms with E-state index in [2.05, 4.69) is 15.2 Å². The Morgan fingerprint density at radius 2 is 2.16 bits per heavy atom. The molecule has 7 heteroatoms. The zero-order valence-electron chi connectivity index (χ0n) is 9.69. The third-order valence-corrected chi connectivity index (χ3v) is 3.52. The maximum atomic E-state index is 8.94. The highest BCUT2D eigenvalue weighted by molar-refractivity contribution is 7.99. The average molecular weight is 268 g/mol. The lowest BCUT2D eigenvalue weighted by molar-refractivity contribution is 0.917. The van der Waals surface area contributed by atoms with Crippen LogP contribution < -0.4 is 5.73 Å². The Hall–Kier alpha value is -2.59. The number of aromatic nitrogens is 4. The second-order valence-electron chi connectivity index (χ2n) is 3.70. The first-order valence-corrected chi connectivity index (χ1v) is 6.23. The molecule has 0 unspecified atom stereocenters. The summed E-state index contributed by atoms with van der Waals surface area (Å²) in [6.45, 7) is 0. The second kappa shape index (κ2) is 4.59. The predicted molar refractivity (Wildman–Crippen MR) is 70.5 cm³/mol. The summed E-state index contributed by atoms with van der Waals surface area (Å²) in [5.74, 6) is 0. The van der Waals surface area contributed by atoms with Gasteiger partial charge in [0, 0.05) is 12.4 Å². The summed E-state index contributed by atoms with van der Waals surface area (Å²) < 4.78 is 1.84. The molecule has 0 saturated heterocycles. The van der Waals surface area contributed by atoms with E-state index >= 15 is 0 Å². The van der Waals surface area contributed by atoms with Gasteiger partial charge in [0.15, 0.2) is 5.65 Å². The van der Waals surface area contributed by atoms with E-state index in [-0.39, 0.29) is 0 Å². The average Bonchev–Trinajstić information content (AvgIpc) is 2.85. The molecule has 0 saturated carbocycles. The monoisotopic (exact) mass is 268 g/mol. The number of nitrogens with two attached hydrogens (primary N) is 1. The van der Waals surface area contributed by atoms with Gasteiger partial charge in [-0.3, -0.25) is 4.40 Å². The van der Waals surface area contributed by atoms with Crippen LogP contribution in [-0.4, -0.2) is 19.6 Å². The van der Waals surface area contributed by atoms with E-state index in [9.17, 15) is 0 Å². The SMILES string of the molecule is N#Cc1ccnc(Sc2nnc3ccccn23)c1N. The summed E-state index contributed by atoms with van der Waals surface area (Å²) in [6.07, 6.45) is 3.42. The van der Waals surface area contributed by atoms with Crippen molar-refractivity contribution in [2.24, 2.45) is 0 Å². The number of pyridine rings is 2. The summed E-state index contributed by atoms with van der Waals surface area (Å²) in [4.78, 5) is 4.17. The summed E-state index contributed by atoms with van der Waals surface area (Å²) in [5.41, 5.74) is 7.41. The van der Waals surface area contributed by atoms with E-state index in [1.807, 2.05) is 34.9 Å². The zero-order valence-corrected chi connectivity index (χ0v) is 10.5. The number of rotatable bonds is 2. The van der Waals surface area contributed by atoms with Crippen LogP contribution in [0.4, 0.5) is 5.69 Å². The first-order valence-electron chi connectivity index (χ1n) is 5.42. The molecule has 0 aliphatic carbocycles. The predicted octanol–water partition coefficient (Wildman–Crippen LogP) is 1.73. The second-order valence-corrected chi connectivity index (χ2v) is 4.66. The lowest BCUT2D eigenvalue weighted by Crippen LogP contribution is -1.96. The molecule has 2 N–H and O–H groups in total. The van der Waals surface area contributed by atoms with Crippen molar-refractivity contribution in [1.29, 1.82) is 5.26 Å². The minimum absolute atomic E-state index is 0.364. The third kappa shape index (κ3) is 1.98. The zero-order chi connectivity index (χ0) is 13.2. The Kier molecular flexibility index (Phi) is 2.78. The fourth-order valence-electron chi connectivity index (χ4n) is 1.61. The van der Waals surface area contributed by atoms with Crippen LogP contribution in [0.3, 0.4) is 0 Å². The maximum Gasteiger partial charge on any atom is 0.201 e. The molecule has 92 valence electrons. The lowest BCUT2D eigenvalue weighted by Gasteiger charge is -2.03. The van der Waals surface area contributed by atoms with Crippen LogP contribution in [0, 0.1) is 11.3 Å². The molecule has 3 aromatic rings. The standard InChI is InChI=1S/C12H8N6S/c13-7-8-4-5-15-11(10(8)14)19-12-17-16-9-3-1-2-6-18(9)12/h1-6H,14H2. The number of hydrogen-bond acceptors (Lipinski definition) is 6. The first kappa shape index (κ1) is 11.5. The van der Waals surface area contributed by atoms with E-state index in [1.165, 1.54) is 11.8 Å². The van der Waals surface area contributed by atoms with Crippen molar-refractivity contribution < 1.29 is 0 Å². The summed E-state index contributed by atoms with van der Waals surface area (Å²) in [6, 6.07) is 9.26. The number of anilines is 1. The van der Waals surface area contributed by atoms with Crippen LogP contribution in [0.1, 0.15) is 5.56 Å². The highest BCUT2D eigenvalue weighted by Crippen LogP contribution is 2.30. The fraction of sp³-hybridized carbons (Fsp3) is 0. The van der Waals surface area contributed by atoms with Gasteiger partial charge in [-0.25, -0.2) is 4.98 Å². The van der Waals surface area contributed by atoms with Gasteiger partial charge in [-0.2, -0.15) is 5.26 Å². The molecule has 0 fully saturated rings. The molecule has 0 spiro atoms. The normalized spacial score (nSPS) is 10.5. The van der Waals surface area contributed by atoms with E-state index in [4.69, 9.17) is 11.0 Å². The lowest BCUT2D eigenvalue weighted by atomic mass is 10.2. The van der Waals surface area contributed by atoms with Crippen LogP contribution in [0.2, 0.25) is 0 Å². The summed E-state index contributed by atoms with van der Waals surface area (Å²) in [5, 5.41) is 18.3. The van der Waals surface area contributed by atoms with Gasteiger partial charge in [0.05, 0.1) is 11.3 Å². The molecule has 6 nitrogen and oxygen atoms in total. The van der Waals surface area contributed by atoms with E-state index in [0.717, 1.165) is 5.65 Å². The van der Waals surface area contributed by atoms with Gasteiger partial charge < -0.3 is 5.73 Å². The van der Waals surface area contributed by atoms with Crippen LogP contribution in [0.5, 0.6) is 0 Å². The fourth-order valence-corrected chi connectivity index (χ4v) is 2.45. The highest BCUT2D eigenvalue weighted by Gasteiger charge is 2.12. The summed E-state index contributed by atoms with van der Waals surface area (Å²) >= 11 is 1.28. The molecule has 0 aromatic carbocycles. The van der Waals surface area contributed by atoms with Crippen LogP contribution in [0.15, 0.2) is 46.8 Å². The Morgan fingerprint density at radius 3 is 3.00 bits per heavy atom. The Morgan fingerprint density at radius 1 is 1.26 bits per heavy atom. The van der Waals surface area contributed by atoms with E-state index in [0.29, 0.717) is 21.4 Å². The van der Waals surface area contributed by atoms with Crippen LogP contribution in [0.25, 0.3) is 5.65 Å². The molecular weight excluding hydrogens is 260 g/mol. The van der Waals surface area contributed by atoms with Crippen molar-refractivity contribution in [2.75, 3.05) is 5.73 Å². The van der Waals surface area contributed by atoms with Crippen molar-refractivity contribution in [3.8, 4) is 6.07 Å². The molecular formula is C12H8N6S. The van der Waals surface area contributed by atoms with Gasteiger partial charge in [0.25, 0.3) is 0 Å².